The lowest BCUT2D eigenvalue weighted by atomic mass is 10.2. The molecule has 120 valence electrons. The molecular weight excluding hydrogens is 381 g/mol. The predicted octanol–water partition coefficient (Wildman–Crippen LogP) is 4.11. The van der Waals surface area contributed by atoms with E-state index in [4.69, 9.17) is 34.8 Å². The van der Waals surface area contributed by atoms with Gasteiger partial charge in [-0.15, -0.1) is 0 Å². The van der Waals surface area contributed by atoms with Gasteiger partial charge in [0.2, 0.25) is 5.91 Å². The Hall–Kier alpha value is -1.27. The molecule has 0 radical (unpaired) electrons. The first-order valence-electron chi connectivity index (χ1n) is 6.54. The maximum absolute atomic E-state index is 12.5. The van der Waals surface area contributed by atoms with Crippen LogP contribution in [0.25, 0.3) is 0 Å². The standard InChI is InChI=1S/C15H10Cl3NO3S/c16-10-3-1-9(2-4-10)15-19(14(20)8-23(15,21)22)13-7-11(17)5-6-12(13)18/h1-7,15H,8H2/t15-/m1/s1. The van der Waals surface area contributed by atoms with Gasteiger partial charge in [-0.1, -0.05) is 46.9 Å². The van der Waals surface area contributed by atoms with Crippen LogP contribution in [0.15, 0.2) is 42.5 Å². The molecule has 1 aliphatic rings. The fourth-order valence-electron chi connectivity index (χ4n) is 2.53. The van der Waals surface area contributed by atoms with Gasteiger partial charge < -0.3 is 0 Å². The zero-order chi connectivity index (χ0) is 16.8. The van der Waals surface area contributed by atoms with Crippen LogP contribution in [0.5, 0.6) is 0 Å². The molecule has 2 aromatic rings. The Balaban J connectivity index is 2.18. The van der Waals surface area contributed by atoms with Crippen molar-refractivity contribution in [1.29, 1.82) is 0 Å². The zero-order valence-corrected chi connectivity index (χ0v) is 14.6. The van der Waals surface area contributed by atoms with Crippen molar-refractivity contribution in [2.75, 3.05) is 10.7 Å². The van der Waals surface area contributed by atoms with Crippen molar-refractivity contribution < 1.29 is 13.2 Å². The molecule has 8 heteroatoms. The SMILES string of the molecule is O=C1CS(=O)(=O)[C@H](c2ccc(Cl)cc2)N1c1cc(Cl)ccc1Cl. The van der Waals surface area contributed by atoms with Crippen LogP contribution in [0.1, 0.15) is 10.9 Å². The maximum atomic E-state index is 12.5. The number of halogens is 3. The number of sulfone groups is 1. The summed E-state index contributed by atoms with van der Waals surface area (Å²) in [4.78, 5) is 13.5. The quantitative estimate of drug-likeness (QED) is 0.775. The van der Waals surface area contributed by atoms with Crippen LogP contribution in [0.3, 0.4) is 0 Å². The van der Waals surface area contributed by atoms with E-state index in [0.717, 1.165) is 0 Å². The van der Waals surface area contributed by atoms with Crippen molar-refractivity contribution >= 4 is 56.2 Å². The fraction of sp³-hybridized carbons (Fsp3) is 0.133. The Morgan fingerprint density at radius 1 is 0.957 bits per heavy atom. The van der Waals surface area contributed by atoms with Crippen molar-refractivity contribution in [3.63, 3.8) is 0 Å². The molecule has 3 rings (SSSR count). The lowest BCUT2D eigenvalue weighted by Gasteiger charge is -2.25. The van der Waals surface area contributed by atoms with Gasteiger partial charge >= 0.3 is 0 Å². The number of carbonyl (C=O) groups is 1. The van der Waals surface area contributed by atoms with Crippen LogP contribution < -0.4 is 4.90 Å². The van der Waals surface area contributed by atoms with Crippen LogP contribution >= 0.6 is 34.8 Å². The molecule has 4 nitrogen and oxygen atoms in total. The van der Waals surface area contributed by atoms with Crippen molar-refractivity contribution in [3.05, 3.63) is 63.1 Å². The van der Waals surface area contributed by atoms with E-state index in [1.165, 1.54) is 17.0 Å². The number of rotatable bonds is 2. The monoisotopic (exact) mass is 389 g/mol. The first-order valence-corrected chi connectivity index (χ1v) is 9.39. The molecule has 1 fully saturated rings. The number of hydrogen-bond donors (Lipinski definition) is 0. The van der Waals surface area contributed by atoms with Gasteiger partial charge in [0.05, 0.1) is 10.7 Å². The van der Waals surface area contributed by atoms with E-state index in [1.807, 2.05) is 0 Å². The third kappa shape index (κ3) is 3.06. The molecule has 0 unspecified atom stereocenters. The van der Waals surface area contributed by atoms with Gasteiger partial charge in [-0.3, -0.25) is 9.69 Å². The number of nitrogens with zero attached hydrogens (tertiary/aromatic N) is 1. The molecule has 1 heterocycles. The Morgan fingerprint density at radius 3 is 2.22 bits per heavy atom. The molecule has 23 heavy (non-hydrogen) atoms. The maximum Gasteiger partial charge on any atom is 0.243 e. The highest BCUT2D eigenvalue weighted by Gasteiger charge is 2.46. The van der Waals surface area contributed by atoms with Gasteiger partial charge in [-0.25, -0.2) is 8.42 Å². The molecule has 0 aromatic heterocycles. The van der Waals surface area contributed by atoms with Gasteiger partial charge in [-0.2, -0.15) is 0 Å². The first kappa shape index (κ1) is 16.6. The molecule has 0 aliphatic carbocycles. The molecule has 1 amide bonds. The molecule has 2 aromatic carbocycles. The molecular formula is C15H10Cl3NO3S. The second-order valence-corrected chi connectivity index (χ2v) is 8.41. The first-order chi connectivity index (χ1) is 10.8. The highest BCUT2D eigenvalue weighted by atomic mass is 35.5. The highest BCUT2D eigenvalue weighted by molar-refractivity contribution is 7.93. The molecule has 1 aliphatic heterocycles. The molecule has 0 spiro atoms. The topological polar surface area (TPSA) is 54.5 Å². The van der Waals surface area contributed by atoms with Crippen LogP contribution in [0.2, 0.25) is 15.1 Å². The minimum absolute atomic E-state index is 0.249. The van der Waals surface area contributed by atoms with Crippen LogP contribution in [-0.4, -0.2) is 20.1 Å². The van der Waals surface area contributed by atoms with Crippen LogP contribution in [0, 0.1) is 0 Å². The predicted molar refractivity (Wildman–Crippen MR) is 91.9 cm³/mol. The molecule has 0 saturated carbocycles. The lowest BCUT2D eigenvalue weighted by Crippen LogP contribution is -2.29. The average molecular weight is 391 g/mol. The van der Waals surface area contributed by atoms with Crippen LogP contribution in [-0.2, 0) is 14.6 Å². The van der Waals surface area contributed by atoms with Gasteiger partial charge in [-0.05, 0) is 35.9 Å². The summed E-state index contributed by atoms with van der Waals surface area (Å²) < 4.78 is 24.9. The number of amides is 1. The normalized spacial score (nSPS) is 20.0. The molecule has 0 N–H and O–H groups in total. The largest absolute Gasteiger partial charge is 0.288 e. The third-order valence-corrected chi connectivity index (χ3v) is 6.11. The summed E-state index contributed by atoms with van der Waals surface area (Å²) in [6.07, 6.45) is 0. The Morgan fingerprint density at radius 2 is 1.57 bits per heavy atom. The van der Waals surface area contributed by atoms with Crippen LogP contribution in [0.4, 0.5) is 5.69 Å². The second-order valence-electron chi connectivity index (χ2n) is 5.07. The Bertz CT molecular complexity index is 881. The second kappa shape index (κ2) is 5.98. The number of carbonyl (C=O) groups excluding carboxylic acids is 1. The van der Waals surface area contributed by atoms with E-state index in [9.17, 15) is 13.2 Å². The summed E-state index contributed by atoms with van der Waals surface area (Å²) >= 11 is 18.0. The van der Waals surface area contributed by atoms with Crippen molar-refractivity contribution in [3.8, 4) is 0 Å². The summed E-state index contributed by atoms with van der Waals surface area (Å²) in [7, 11) is -3.70. The zero-order valence-electron chi connectivity index (χ0n) is 11.5. The van der Waals surface area contributed by atoms with E-state index in [0.29, 0.717) is 15.6 Å². The van der Waals surface area contributed by atoms with E-state index in [2.05, 4.69) is 0 Å². The van der Waals surface area contributed by atoms with Gasteiger partial charge in [0.1, 0.15) is 5.75 Å². The summed E-state index contributed by atoms with van der Waals surface area (Å²) in [6.45, 7) is 0. The number of benzene rings is 2. The van der Waals surface area contributed by atoms with E-state index in [-0.39, 0.29) is 10.7 Å². The van der Waals surface area contributed by atoms with Gasteiger partial charge in [0, 0.05) is 10.0 Å². The van der Waals surface area contributed by atoms with Crippen molar-refractivity contribution in [1.82, 2.24) is 0 Å². The Kier molecular flexibility index (Phi) is 4.31. The third-order valence-electron chi connectivity index (χ3n) is 3.49. The summed E-state index contributed by atoms with van der Waals surface area (Å²) in [5, 5.41) is -0.0683. The van der Waals surface area contributed by atoms with Crippen molar-refractivity contribution in [2.45, 2.75) is 5.37 Å². The van der Waals surface area contributed by atoms with E-state index >= 15 is 0 Å². The van der Waals surface area contributed by atoms with Gasteiger partial charge in [0.25, 0.3) is 0 Å². The van der Waals surface area contributed by atoms with E-state index < -0.39 is 26.9 Å². The number of anilines is 1. The molecule has 0 bridgehead atoms. The lowest BCUT2D eigenvalue weighted by molar-refractivity contribution is -0.115. The minimum Gasteiger partial charge on any atom is -0.288 e. The average Bonchev–Trinajstić information content (AvgIpc) is 2.71. The highest BCUT2D eigenvalue weighted by Crippen LogP contribution is 2.41. The van der Waals surface area contributed by atoms with E-state index in [1.54, 1.807) is 30.3 Å². The Labute approximate surface area is 148 Å². The molecule has 1 saturated heterocycles. The summed E-state index contributed by atoms with van der Waals surface area (Å²) in [6, 6.07) is 10.9. The molecule has 1 atom stereocenters. The van der Waals surface area contributed by atoms with Gasteiger partial charge in [0.15, 0.2) is 15.2 Å². The number of hydrogen-bond acceptors (Lipinski definition) is 3. The summed E-state index contributed by atoms with van der Waals surface area (Å²) in [5.41, 5.74) is 0.710. The smallest absolute Gasteiger partial charge is 0.243 e. The minimum atomic E-state index is -3.70. The summed E-state index contributed by atoms with van der Waals surface area (Å²) in [5.74, 6) is -1.13. The van der Waals surface area contributed by atoms with Crippen molar-refractivity contribution in [2.24, 2.45) is 0 Å². The fourth-order valence-corrected chi connectivity index (χ4v) is 4.79.